The summed E-state index contributed by atoms with van der Waals surface area (Å²) in [6.45, 7) is 2.00. The number of hydrogen-bond donors (Lipinski definition) is 3. The highest BCUT2D eigenvalue weighted by molar-refractivity contribution is 7.51. The van der Waals surface area contributed by atoms with Crippen LogP contribution in [0.15, 0.2) is 24.3 Å². The summed E-state index contributed by atoms with van der Waals surface area (Å²) < 4.78 is 31.2. The monoisotopic (exact) mass is 303 g/mol. The van der Waals surface area contributed by atoms with Crippen LogP contribution in [-0.4, -0.2) is 35.4 Å². The molecule has 114 valence electrons. The van der Waals surface area contributed by atoms with Crippen molar-refractivity contribution in [2.75, 3.05) is 19.9 Å². The van der Waals surface area contributed by atoms with Crippen molar-refractivity contribution in [3.8, 4) is 0 Å². The molecule has 0 saturated heterocycles. The number of aliphatic hydroxyl groups is 1. The number of aliphatic hydroxyl groups excluding tert-OH is 1. The van der Waals surface area contributed by atoms with Crippen LogP contribution in [0.25, 0.3) is 0 Å². The third-order valence-electron chi connectivity index (χ3n) is 3.06. The van der Waals surface area contributed by atoms with E-state index in [1.54, 1.807) is 12.1 Å². The van der Waals surface area contributed by atoms with Gasteiger partial charge in [0.2, 0.25) is 0 Å². The number of nitrogens with two attached hydrogens (primary N) is 1. The second-order valence-corrected chi connectivity index (χ2v) is 6.91. The lowest BCUT2D eigenvalue weighted by molar-refractivity contribution is 0.119. The number of aryl methyl sites for hydroxylation is 2. The zero-order valence-corrected chi connectivity index (χ0v) is 12.8. The minimum absolute atomic E-state index is 0.205. The van der Waals surface area contributed by atoms with E-state index >= 15 is 0 Å². The molecule has 0 aliphatic rings. The fraction of sp³-hybridized carbons (Fsp3) is 0.571. The Kier molecular flexibility index (Phi) is 5.23. The highest BCUT2D eigenvalue weighted by Gasteiger charge is 2.27. The molecule has 0 saturated carbocycles. The van der Waals surface area contributed by atoms with E-state index in [1.807, 2.05) is 12.1 Å². The van der Waals surface area contributed by atoms with Crippen LogP contribution in [-0.2, 0) is 21.9 Å². The molecule has 20 heavy (non-hydrogen) atoms. The first-order valence-electron chi connectivity index (χ1n) is 7.39. The van der Waals surface area contributed by atoms with Crippen LogP contribution in [0.3, 0.4) is 0 Å². The second kappa shape index (κ2) is 7.34. The highest BCUT2D eigenvalue weighted by Crippen LogP contribution is 2.37. The predicted octanol–water partition coefficient (Wildman–Crippen LogP) is 1.70. The Morgan fingerprint density at radius 2 is 1.95 bits per heavy atom. The van der Waals surface area contributed by atoms with Crippen molar-refractivity contribution in [1.29, 1.82) is 0 Å². The van der Waals surface area contributed by atoms with Crippen LogP contribution in [0, 0.1) is 0 Å². The second-order valence-electron chi connectivity index (χ2n) is 5.04. The molecule has 0 fully saturated rings. The Labute approximate surface area is 123 Å². The van der Waals surface area contributed by atoms with Crippen LogP contribution in [0.5, 0.6) is 0 Å². The summed E-state index contributed by atoms with van der Waals surface area (Å²) >= 11 is 0. The number of rotatable bonds is 8. The largest absolute Gasteiger partial charge is 0.394 e. The topological polar surface area (TPSA) is 92.8 Å². The molecule has 0 bridgehead atoms. The lowest BCUT2D eigenvalue weighted by Gasteiger charge is -2.27. The molecule has 1 rings (SSSR count). The molecular weight excluding hydrogens is 277 g/mol. The zero-order chi connectivity index (χ0) is 17.0. The Morgan fingerprint density at radius 3 is 2.40 bits per heavy atom. The molecule has 4 N–H and O–H groups in total. The smallest absolute Gasteiger partial charge is 0.325 e. The summed E-state index contributed by atoms with van der Waals surface area (Å²) in [5, 5.41) is 9.39. The molecule has 0 aliphatic carbocycles. The van der Waals surface area contributed by atoms with E-state index in [0.717, 1.165) is 12.2 Å². The van der Waals surface area contributed by atoms with Gasteiger partial charge in [0.15, 0.2) is 0 Å². The van der Waals surface area contributed by atoms with Gasteiger partial charge in [-0.15, -0.1) is 0 Å². The summed E-state index contributed by atoms with van der Waals surface area (Å²) in [6, 6.07) is 7.06. The molecule has 2 atom stereocenters. The number of benzene rings is 1. The van der Waals surface area contributed by atoms with Gasteiger partial charge >= 0.3 is 7.60 Å². The Bertz CT molecular complexity index is 527. The lowest BCUT2D eigenvalue weighted by atomic mass is 9.93. The lowest BCUT2D eigenvalue weighted by Crippen LogP contribution is -2.48. The number of hydrogen-bond acceptors (Lipinski definition) is 4. The van der Waals surface area contributed by atoms with E-state index in [1.165, 1.54) is 6.92 Å². The van der Waals surface area contributed by atoms with Gasteiger partial charge in [-0.2, -0.15) is 0 Å². The van der Waals surface area contributed by atoms with Crippen LogP contribution in [0.2, 0.25) is 0 Å². The van der Waals surface area contributed by atoms with Gasteiger partial charge in [0.05, 0.1) is 18.8 Å². The third kappa shape index (κ3) is 6.16. The van der Waals surface area contributed by atoms with Crippen molar-refractivity contribution in [3.05, 3.63) is 35.4 Å². The predicted molar refractivity (Wildman–Crippen MR) is 79.8 cm³/mol. The van der Waals surface area contributed by atoms with Crippen LogP contribution < -0.4 is 5.73 Å². The van der Waals surface area contributed by atoms with Gasteiger partial charge in [-0.05, 0) is 30.3 Å². The van der Waals surface area contributed by atoms with Gasteiger partial charge in [-0.3, -0.25) is 4.57 Å². The molecule has 0 heterocycles. The fourth-order valence-electron chi connectivity index (χ4n) is 1.68. The summed E-state index contributed by atoms with van der Waals surface area (Å²) in [5.74, 6) is 0. The van der Waals surface area contributed by atoms with Gasteiger partial charge in [0.25, 0.3) is 0 Å². The minimum Gasteiger partial charge on any atom is -0.394 e. The van der Waals surface area contributed by atoms with E-state index < -0.39 is 19.5 Å². The van der Waals surface area contributed by atoms with E-state index in [-0.39, 0.29) is 13.2 Å². The van der Waals surface area contributed by atoms with Gasteiger partial charge in [-0.1, -0.05) is 31.2 Å². The molecule has 0 amide bonds. The zero-order valence-electron chi connectivity index (χ0n) is 13.9. The van der Waals surface area contributed by atoms with Crippen LogP contribution in [0.4, 0.5) is 0 Å². The van der Waals surface area contributed by atoms with Crippen molar-refractivity contribution >= 4 is 7.60 Å². The minimum atomic E-state index is -3.63. The van der Waals surface area contributed by atoms with Crippen molar-refractivity contribution in [2.45, 2.75) is 31.7 Å². The molecule has 1 aromatic carbocycles. The van der Waals surface area contributed by atoms with Gasteiger partial charge in [0.1, 0.15) is 0 Å². The van der Waals surface area contributed by atoms with Crippen molar-refractivity contribution in [2.24, 2.45) is 5.73 Å². The summed E-state index contributed by atoms with van der Waals surface area (Å²) in [6.07, 6.45) is -0.465. The molecule has 1 aromatic rings. The van der Waals surface area contributed by atoms with Gasteiger partial charge in [-0.25, -0.2) is 0 Å². The van der Waals surface area contributed by atoms with E-state index in [2.05, 4.69) is 0 Å². The average Bonchev–Trinajstić information content (AvgIpc) is 2.42. The third-order valence-corrected chi connectivity index (χ3v) is 3.67. The van der Waals surface area contributed by atoms with Gasteiger partial charge < -0.3 is 20.3 Å². The molecule has 0 aliphatic heterocycles. The quantitative estimate of drug-likeness (QED) is 0.636. The standard InChI is InChI=1S/C14H24NO4P/c1-3-12-4-6-13(7-5-12)8-9-14(15,10-16)11-19-20(2,17)18/h4-7,16H,3,8-11,15H2,1-2H3,(H,17,18)/i3D2. The van der Waals surface area contributed by atoms with Crippen LogP contribution in [0.1, 0.15) is 27.2 Å². The maximum absolute atomic E-state index is 11.1. The normalized spacial score (nSPS) is 19.6. The maximum Gasteiger partial charge on any atom is 0.325 e. The van der Waals surface area contributed by atoms with Gasteiger partial charge in [0, 0.05) is 9.41 Å². The molecule has 5 nitrogen and oxygen atoms in total. The molecular formula is C14H24NO4P. The van der Waals surface area contributed by atoms with Crippen molar-refractivity contribution in [1.82, 2.24) is 0 Å². The van der Waals surface area contributed by atoms with Crippen LogP contribution >= 0.6 is 7.60 Å². The van der Waals surface area contributed by atoms with Crippen molar-refractivity contribution in [3.63, 3.8) is 0 Å². The summed E-state index contributed by atoms with van der Waals surface area (Å²) in [5.41, 5.74) is 6.43. The Balaban J connectivity index is 2.64. The fourth-order valence-corrected chi connectivity index (χ4v) is 2.17. The first-order chi connectivity index (χ1) is 9.95. The van der Waals surface area contributed by atoms with E-state index in [9.17, 15) is 9.67 Å². The first-order valence-corrected chi connectivity index (χ1v) is 8.42. The Hall–Kier alpha value is -0.710. The molecule has 0 aromatic heterocycles. The van der Waals surface area contributed by atoms with Crippen molar-refractivity contribution < 1.29 is 21.8 Å². The summed E-state index contributed by atoms with van der Waals surface area (Å²) in [4.78, 5) is 9.13. The molecule has 6 heteroatoms. The Morgan fingerprint density at radius 1 is 1.40 bits per heavy atom. The van der Waals surface area contributed by atoms with E-state index in [4.69, 9.17) is 17.9 Å². The SMILES string of the molecule is [2H]C([2H])(C)c1ccc(CCC(N)(CO)COP(C)(=O)O)cc1. The van der Waals surface area contributed by atoms with E-state index in [0.29, 0.717) is 18.4 Å². The molecule has 2 unspecified atom stereocenters. The maximum atomic E-state index is 11.1. The first kappa shape index (κ1) is 14.2. The molecule has 0 spiro atoms. The highest BCUT2D eigenvalue weighted by atomic mass is 31.2. The average molecular weight is 303 g/mol. The summed E-state index contributed by atoms with van der Waals surface area (Å²) in [7, 11) is -3.63. The molecule has 0 radical (unpaired) electrons.